The molecule has 4 nitrogen and oxygen atoms in total. The zero-order valence-corrected chi connectivity index (χ0v) is 9.75. The molecule has 0 radical (unpaired) electrons. The molecule has 2 N–H and O–H groups in total. The average Bonchev–Trinajstić information content (AvgIpc) is 2.37. The first kappa shape index (κ1) is 12.0. The molecule has 0 aliphatic rings. The van der Waals surface area contributed by atoms with E-state index >= 15 is 0 Å². The Bertz CT molecular complexity index is 629. The second-order valence-electron chi connectivity index (χ2n) is 3.86. The molecule has 0 aliphatic carbocycles. The number of ether oxygens (including phenoxy) is 1. The van der Waals surface area contributed by atoms with Crippen molar-refractivity contribution in [3.05, 3.63) is 48.2 Å². The van der Waals surface area contributed by atoms with E-state index in [9.17, 15) is 9.90 Å². The van der Waals surface area contributed by atoms with Gasteiger partial charge in [-0.3, -0.25) is 0 Å². The van der Waals surface area contributed by atoms with Gasteiger partial charge < -0.3 is 14.9 Å². The maximum Gasteiger partial charge on any atom is 0.334 e. The fourth-order valence-corrected chi connectivity index (χ4v) is 1.55. The van der Waals surface area contributed by atoms with E-state index in [0.717, 1.165) is 17.0 Å². The van der Waals surface area contributed by atoms with Crippen molar-refractivity contribution in [1.29, 1.82) is 0 Å². The van der Waals surface area contributed by atoms with Gasteiger partial charge in [0.15, 0.2) is 11.5 Å². The standard InChI is InChI=1S/C14H12O4/c1-9(14(16)17)8-18-13-11-5-3-2-4-10(11)6-7-12(13)15/h2-8,15H,1H3,(H,16,17). The van der Waals surface area contributed by atoms with Gasteiger partial charge >= 0.3 is 5.97 Å². The fourth-order valence-electron chi connectivity index (χ4n) is 1.55. The first-order valence-corrected chi connectivity index (χ1v) is 5.37. The molecule has 0 amide bonds. The van der Waals surface area contributed by atoms with E-state index in [2.05, 4.69) is 0 Å². The van der Waals surface area contributed by atoms with Crippen molar-refractivity contribution in [2.24, 2.45) is 0 Å². The molecule has 0 aliphatic heterocycles. The first-order valence-electron chi connectivity index (χ1n) is 5.37. The molecule has 92 valence electrons. The van der Waals surface area contributed by atoms with Gasteiger partial charge in [-0.15, -0.1) is 0 Å². The molecule has 0 saturated heterocycles. The SMILES string of the molecule is CC(=COc1c(O)ccc2ccccc12)C(=O)O. The van der Waals surface area contributed by atoms with E-state index in [1.807, 2.05) is 18.2 Å². The van der Waals surface area contributed by atoms with Crippen LogP contribution in [-0.2, 0) is 4.79 Å². The predicted octanol–water partition coefficient (Wildman–Crippen LogP) is 2.91. The van der Waals surface area contributed by atoms with Crippen molar-refractivity contribution in [3.8, 4) is 11.5 Å². The van der Waals surface area contributed by atoms with Crippen LogP contribution in [0, 0.1) is 0 Å². The Labute approximate surface area is 104 Å². The van der Waals surface area contributed by atoms with Gasteiger partial charge in [0.1, 0.15) is 6.26 Å². The normalized spacial score (nSPS) is 11.5. The number of aromatic hydroxyl groups is 1. The number of phenols is 1. The van der Waals surface area contributed by atoms with Gasteiger partial charge in [0.05, 0.1) is 5.57 Å². The fraction of sp³-hybridized carbons (Fsp3) is 0.0714. The number of hydrogen-bond donors (Lipinski definition) is 2. The highest BCUT2D eigenvalue weighted by atomic mass is 16.5. The molecule has 0 atom stereocenters. The Balaban J connectivity index is 2.47. The van der Waals surface area contributed by atoms with Gasteiger partial charge in [0, 0.05) is 5.39 Å². The van der Waals surface area contributed by atoms with Crippen LogP contribution >= 0.6 is 0 Å². The number of rotatable bonds is 3. The number of hydrogen-bond acceptors (Lipinski definition) is 3. The summed E-state index contributed by atoms with van der Waals surface area (Å²) in [6.07, 6.45) is 1.11. The van der Waals surface area contributed by atoms with Gasteiger partial charge in [-0.2, -0.15) is 0 Å². The molecule has 0 heterocycles. The molecule has 2 aromatic carbocycles. The van der Waals surface area contributed by atoms with Crippen molar-refractivity contribution in [2.75, 3.05) is 0 Å². The second kappa shape index (κ2) is 4.79. The molecule has 4 heteroatoms. The quantitative estimate of drug-likeness (QED) is 0.643. The number of aliphatic carboxylic acids is 1. The number of carbonyl (C=O) groups is 1. The summed E-state index contributed by atoms with van der Waals surface area (Å²) >= 11 is 0. The van der Waals surface area contributed by atoms with Crippen LogP contribution < -0.4 is 4.74 Å². The van der Waals surface area contributed by atoms with Crippen LogP contribution in [-0.4, -0.2) is 16.2 Å². The summed E-state index contributed by atoms with van der Waals surface area (Å²) in [5, 5.41) is 20.1. The van der Waals surface area contributed by atoms with Crippen molar-refractivity contribution < 1.29 is 19.7 Å². The van der Waals surface area contributed by atoms with Crippen LogP contribution in [0.1, 0.15) is 6.92 Å². The van der Waals surface area contributed by atoms with E-state index < -0.39 is 5.97 Å². The molecule has 0 spiro atoms. The number of carboxylic acid groups (broad SMARTS) is 1. The topological polar surface area (TPSA) is 66.8 Å². The molecule has 18 heavy (non-hydrogen) atoms. The Morgan fingerprint density at radius 2 is 1.94 bits per heavy atom. The van der Waals surface area contributed by atoms with Crippen LogP contribution in [0.15, 0.2) is 48.2 Å². The maximum atomic E-state index is 10.7. The third kappa shape index (κ3) is 2.27. The maximum absolute atomic E-state index is 10.7. The van der Waals surface area contributed by atoms with E-state index in [4.69, 9.17) is 9.84 Å². The highest BCUT2D eigenvalue weighted by Crippen LogP contribution is 2.34. The van der Waals surface area contributed by atoms with Crippen LogP contribution in [0.25, 0.3) is 10.8 Å². The van der Waals surface area contributed by atoms with Crippen molar-refractivity contribution in [3.63, 3.8) is 0 Å². The summed E-state index contributed by atoms with van der Waals surface area (Å²) in [4.78, 5) is 10.7. The lowest BCUT2D eigenvalue weighted by Crippen LogP contribution is -1.98. The van der Waals surface area contributed by atoms with Gasteiger partial charge in [-0.25, -0.2) is 4.79 Å². The van der Waals surface area contributed by atoms with E-state index in [-0.39, 0.29) is 17.1 Å². The number of carboxylic acids is 1. The highest BCUT2D eigenvalue weighted by molar-refractivity contribution is 5.91. The predicted molar refractivity (Wildman–Crippen MR) is 67.6 cm³/mol. The first-order chi connectivity index (χ1) is 8.59. The second-order valence-corrected chi connectivity index (χ2v) is 3.86. The third-order valence-electron chi connectivity index (χ3n) is 2.55. The minimum Gasteiger partial charge on any atom is -0.504 e. The molecule has 0 bridgehead atoms. The molecular weight excluding hydrogens is 232 g/mol. The van der Waals surface area contributed by atoms with Crippen molar-refractivity contribution in [1.82, 2.24) is 0 Å². The minimum atomic E-state index is -1.06. The average molecular weight is 244 g/mol. The lowest BCUT2D eigenvalue weighted by atomic mass is 10.1. The molecule has 0 saturated carbocycles. The highest BCUT2D eigenvalue weighted by Gasteiger charge is 2.08. The zero-order chi connectivity index (χ0) is 13.1. The van der Waals surface area contributed by atoms with E-state index in [1.54, 1.807) is 12.1 Å². The van der Waals surface area contributed by atoms with Gasteiger partial charge in [-0.1, -0.05) is 30.3 Å². The molecule has 2 aromatic rings. The largest absolute Gasteiger partial charge is 0.504 e. The summed E-state index contributed by atoms with van der Waals surface area (Å²) in [5.41, 5.74) is 0.0577. The van der Waals surface area contributed by atoms with Crippen molar-refractivity contribution in [2.45, 2.75) is 6.92 Å². The van der Waals surface area contributed by atoms with Crippen LogP contribution in [0.2, 0.25) is 0 Å². The minimum absolute atomic E-state index is 0.0249. The van der Waals surface area contributed by atoms with Crippen molar-refractivity contribution >= 4 is 16.7 Å². The molecule has 0 unspecified atom stereocenters. The van der Waals surface area contributed by atoms with Gasteiger partial charge in [0.25, 0.3) is 0 Å². The van der Waals surface area contributed by atoms with E-state index in [1.165, 1.54) is 13.0 Å². The monoisotopic (exact) mass is 244 g/mol. The molecule has 0 fully saturated rings. The van der Waals surface area contributed by atoms with Crippen LogP contribution in [0.3, 0.4) is 0 Å². The molecule has 0 aromatic heterocycles. The molecule has 2 rings (SSSR count). The lowest BCUT2D eigenvalue weighted by Gasteiger charge is -2.08. The Morgan fingerprint density at radius 3 is 2.67 bits per heavy atom. The summed E-state index contributed by atoms with van der Waals surface area (Å²) in [5.74, 6) is -0.827. The summed E-state index contributed by atoms with van der Waals surface area (Å²) in [6, 6.07) is 10.7. The third-order valence-corrected chi connectivity index (χ3v) is 2.55. The summed E-state index contributed by atoms with van der Waals surface area (Å²) in [6.45, 7) is 1.42. The summed E-state index contributed by atoms with van der Waals surface area (Å²) < 4.78 is 5.28. The lowest BCUT2D eigenvalue weighted by molar-refractivity contribution is -0.132. The van der Waals surface area contributed by atoms with Gasteiger partial charge in [-0.05, 0) is 18.4 Å². The van der Waals surface area contributed by atoms with Crippen LogP contribution in [0.4, 0.5) is 0 Å². The molecular formula is C14H12O4. The van der Waals surface area contributed by atoms with E-state index in [0.29, 0.717) is 0 Å². The summed E-state index contributed by atoms with van der Waals surface area (Å²) in [7, 11) is 0. The van der Waals surface area contributed by atoms with Gasteiger partial charge in [0.2, 0.25) is 0 Å². The Kier molecular flexibility index (Phi) is 3.19. The Hall–Kier alpha value is -2.49. The van der Waals surface area contributed by atoms with Crippen LogP contribution in [0.5, 0.6) is 11.5 Å². The number of benzene rings is 2. The number of fused-ring (bicyclic) bond motifs is 1. The zero-order valence-electron chi connectivity index (χ0n) is 9.75. The Morgan fingerprint density at radius 1 is 1.22 bits per heavy atom. The number of phenolic OH excluding ortho intramolecular Hbond substituents is 1. The smallest absolute Gasteiger partial charge is 0.334 e.